The van der Waals surface area contributed by atoms with E-state index in [1.807, 2.05) is 0 Å². The Morgan fingerprint density at radius 3 is 2.50 bits per heavy atom. The Hall–Kier alpha value is -0.310. The zero-order valence-corrected chi connectivity index (χ0v) is 8.60. The Balaban J connectivity index is 4.04. The van der Waals surface area contributed by atoms with E-state index in [2.05, 4.69) is 0 Å². The normalized spacial score (nSPS) is 12.7. The van der Waals surface area contributed by atoms with Gasteiger partial charge in [-0.3, -0.25) is 0 Å². The van der Waals surface area contributed by atoms with Gasteiger partial charge in [0.05, 0.1) is 6.54 Å². The first kappa shape index (κ1) is 13.7. The summed E-state index contributed by atoms with van der Waals surface area (Å²) < 4.78 is 48.3. The van der Waals surface area contributed by atoms with Crippen LogP contribution in [0.2, 0.25) is 0 Å². The van der Waals surface area contributed by atoms with Crippen LogP contribution in [0.1, 0.15) is 6.42 Å². The molecular weight excluding hydrogens is 218 g/mol. The molecule has 0 radical (unpaired) electrons. The van der Waals surface area contributed by atoms with Crippen molar-refractivity contribution in [2.45, 2.75) is 12.8 Å². The van der Waals surface area contributed by atoms with Crippen LogP contribution in [0.25, 0.3) is 0 Å². The molecule has 0 unspecified atom stereocenters. The third-order valence-electron chi connectivity index (χ3n) is 1.46. The van der Waals surface area contributed by atoms with Crippen LogP contribution in [0.3, 0.4) is 0 Å². The van der Waals surface area contributed by atoms with Gasteiger partial charge >= 0.3 is 0 Å². The zero-order valence-electron chi connectivity index (χ0n) is 7.78. The second-order valence-electron chi connectivity index (χ2n) is 2.64. The van der Waals surface area contributed by atoms with Gasteiger partial charge in [0, 0.05) is 20.2 Å². The number of alkyl halides is 2. The molecule has 0 fully saturated rings. The molecule has 0 aromatic rings. The second kappa shape index (κ2) is 6.23. The summed E-state index contributed by atoms with van der Waals surface area (Å²) in [6.07, 6.45) is -2.44. The monoisotopic (exact) mass is 232 g/mol. The number of hydrogen-bond donors (Lipinski definition) is 2. The number of rotatable bonds is 7. The van der Waals surface area contributed by atoms with E-state index in [1.54, 1.807) is 4.72 Å². The van der Waals surface area contributed by atoms with Gasteiger partial charge in [0.1, 0.15) is 0 Å². The molecule has 0 aromatic heterocycles. The maximum atomic E-state index is 11.7. The molecule has 14 heavy (non-hydrogen) atoms. The molecule has 0 aliphatic rings. The minimum Gasteiger partial charge on any atom is -0.396 e. The largest absolute Gasteiger partial charge is 0.396 e. The number of hydrogen-bond acceptors (Lipinski definition) is 3. The maximum Gasteiger partial charge on any atom is 0.279 e. The topological polar surface area (TPSA) is 69.6 Å². The van der Waals surface area contributed by atoms with Crippen molar-refractivity contribution >= 4 is 10.2 Å². The lowest BCUT2D eigenvalue weighted by atomic mass is 10.5. The lowest BCUT2D eigenvalue weighted by Gasteiger charge is -2.16. The molecule has 0 aromatic carbocycles. The molecule has 0 amide bonds. The Morgan fingerprint density at radius 1 is 1.50 bits per heavy atom. The Bertz CT molecular complexity index is 245. The fourth-order valence-corrected chi connectivity index (χ4v) is 1.62. The predicted octanol–water partition coefficient (Wildman–Crippen LogP) is -0.600. The van der Waals surface area contributed by atoms with Crippen molar-refractivity contribution in [3.8, 4) is 0 Å². The Morgan fingerprint density at radius 2 is 2.07 bits per heavy atom. The summed E-state index contributed by atoms with van der Waals surface area (Å²) in [6, 6.07) is 0. The molecule has 0 aliphatic heterocycles. The van der Waals surface area contributed by atoms with E-state index in [0.29, 0.717) is 0 Å². The van der Waals surface area contributed by atoms with E-state index in [9.17, 15) is 17.2 Å². The second-order valence-corrected chi connectivity index (χ2v) is 4.51. The van der Waals surface area contributed by atoms with Gasteiger partial charge in [0.25, 0.3) is 16.6 Å². The standard InChI is InChI=1S/C6H14F2N2O3S/c1-10(3-2-4-11)14(12,13)9-5-6(7)8/h6,9,11H,2-5H2,1H3. The highest BCUT2D eigenvalue weighted by atomic mass is 32.2. The summed E-state index contributed by atoms with van der Waals surface area (Å²) in [5, 5.41) is 8.44. The summed E-state index contributed by atoms with van der Waals surface area (Å²) >= 11 is 0. The third kappa shape index (κ3) is 5.43. The van der Waals surface area contributed by atoms with Crippen LogP contribution in [-0.4, -0.2) is 51.0 Å². The van der Waals surface area contributed by atoms with Crippen molar-refractivity contribution in [2.75, 3.05) is 26.7 Å². The van der Waals surface area contributed by atoms with Crippen molar-refractivity contribution in [2.24, 2.45) is 0 Å². The zero-order chi connectivity index (χ0) is 11.2. The molecule has 2 N–H and O–H groups in total. The lowest BCUT2D eigenvalue weighted by molar-refractivity contribution is 0.152. The third-order valence-corrected chi connectivity index (χ3v) is 3.00. The minimum atomic E-state index is -3.84. The molecule has 0 heterocycles. The van der Waals surface area contributed by atoms with E-state index in [-0.39, 0.29) is 19.6 Å². The summed E-state index contributed by atoms with van der Waals surface area (Å²) in [5.74, 6) is 0. The molecular formula is C6H14F2N2O3S. The summed E-state index contributed by atoms with van der Waals surface area (Å²) in [4.78, 5) is 0. The first-order valence-electron chi connectivity index (χ1n) is 4.00. The van der Waals surface area contributed by atoms with Crippen molar-refractivity contribution in [3.63, 3.8) is 0 Å². The number of aliphatic hydroxyl groups is 1. The first-order valence-corrected chi connectivity index (χ1v) is 5.44. The minimum absolute atomic E-state index is 0.0923. The molecule has 0 saturated carbocycles. The first-order chi connectivity index (χ1) is 6.40. The Labute approximate surface area is 81.9 Å². The van der Waals surface area contributed by atoms with Gasteiger partial charge < -0.3 is 5.11 Å². The van der Waals surface area contributed by atoms with Crippen molar-refractivity contribution in [1.29, 1.82) is 0 Å². The van der Waals surface area contributed by atoms with Crippen LogP contribution in [0.4, 0.5) is 8.78 Å². The van der Waals surface area contributed by atoms with Crippen molar-refractivity contribution in [3.05, 3.63) is 0 Å². The molecule has 0 saturated heterocycles. The van der Waals surface area contributed by atoms with Crippen LogP contribution in [0, 0.1) is 0 Å². The van der Waals surface area contributed by atoms with Gasteiger partial charge in [-0.1, -0.05) is 0 Å². The van der Waals surface area contributed by atoms with E-state index in [4.69, 9.17) is 5.11 Å². The highest BCUT2D eigenvalue weighted by Crippen LogP contribution is 1.97. The summed E-state index contributed by atoms with van der Waals surface area (Å²) in [5.41, 5.74) is 0. The molecule has 0 atom stereocenters. The number of aliphatic hydroxyl groups excluding tert-OH is 1. The molecule has 0 rings (SSSR count). The molecule has 0 spiro atoms. The highest BCUT2D eigenvalue weighted by Gasteiger charge is 2.18. The molecule has 86 valence electrons. The van der Waals surface area contributed by atoms with Crippen molar-refractivity contribution in [1.82, 2.24) is 9.03 Å². The van der Waals surface area contributed by atoms with Crippen LogP contribution in [0.15, 0.2) is 0 Å². The van der Waals surface area contributed by atoms with Crippen LogP contribution in [-0.2, 0) is 10.2 Å². The molecule has 0 bridgehead atoms. The fraction of sp³-hybridized carbons (Fsp3) is 1.00. The molecule has 8 heteroatoms. The average Bonchev–Trinajstić information content (AvgIpc) is 2.11. The highest BCUT2D eigenvalue weighted by molar-refractivity contribution is 7.87. The summed E-state index contributed by atoms with van der Waals surface area (Å²) in [7, 11) is -2.58. The van der Waals surface area contributed by atoms with E-state index in [1.165, 1.54) is 7.05 Å². The lowest BCUT2D eigenvalue weighted by Crippen LogP contribution is -2.40. The SMILES string of the molecule is CN(CCCO)S(=O)(=O)NCC(F)F. The van der Waals surface area contributed by atoms with E-state index < -0.39 is 23.2 Å². The van der Waals surface area contributed by atoms with Gasteiger partial charge in [0.2, 0.25) is 0 Å². The smallest absolute Gasteiger partial charge is 0.279 e. The Kier molecular flexibility index (Phi) is 6.09. The van der Waals surface area contributed by atoms with Gasteiger partial charge in [-0.15, -0.1) is 0 Å². The van der Waals surface area contributed by atoms with Gasteiger partial charge in [0.15, 0.2) is 0 Å². The van der Waals surface area contributed by atoms with E-state index in [0.717, 1.165) is 4.31 Å². The summed E-state index contributed by atoms with van der Waals surface area (Å²) in [6.45, 7) is -0.949. The quantitative estimate of drug-likeness (QED) is 0.616. The van der Waals surface area contributed by atoms with Crippen LogP contribution >= 0.6 is 0 Å². The van der Waals surface area contributed by atoms with E-state index >= 15 is 0 Å². The molecule has 0 aliphatic carbocycles. The van der Waals surface area contributed by atoms with Crippen LogP contribution in [0.5, 0.6) is 0 Å². The molecule has 5 nitrogen and oxygen atoms in total. The maximum absolute atomic E-state index is 11.7. The van der Waals surface area contributed by atoms with Gasteiger partial charge in [-0.2, -0.15) is 17.4 Å². The van der Waals surface area contributed by atoms with Gasteiger partial charge in [-0.05, 0) is 6.42 Å². The van der Waals surface area contributed by atoms with Gasteiger partial charge in [-0.25, -0.2) is 8.78 Å². The number of nitrogens with one attached hydrogen (secondary N) is 1. The van der Waals surface area contributed by atoms with Crippen LogP contribution < -0.4 is 4.72 Å². The number of halogens is 2. The van der Waals surface area contributed by atoms with Crippen molar-refractivity contribution < 1.29 is 22.3 Å². The predicted molar refractivity (Wildman–Crippen MR) is 47.3 cm³/mol. The number of nitrogens with zero attached hydrogens (tertiary/aromatic N) is 1. The average molecular weight is 232 g/mol. The fourth-order valence-electron chi connectivity index (χ4n) is 0.692.